The lowest BCUT2D eigenvalue weighted by molar-refractivity contribution is 0.0691. The van der Waals surface area contributed by atoms with Gasteiger partial charge in [0.25, 0.3) is 0 Å². The number of hydrogen-bond acceptors (Lipinski definition) is 5. The van der Waals surface area contributed by atoms with Gasteiger partial charge in [0.2, 0.25) is 0 Å². The van der Waals surface area contributed by atoms with Crippen LogP contribution in [-0.4, -0.2) is 21.0 Å². The normalized spacial score (nSPS) is 10.1. The SMILES string of the molecule is O=C(O)c1csc(Nc2cccnc2Cl)n1. The van der Waals surface area contributed by atoms with Gasteiger partial charge in [0.1, 0.15) is 0 Å². The highest BCUT2D eigenvalue weighted by Crippen LogP contribution is 2.25. The third kappa shape index (κ3) is 2.29. The number of thiazole rings is 1. The molecule has 5 nitrogen and oxygen atoms in total. The molecule has 0 aliphatic rings. The number of carbonyl (C=O) groups is 1. The maximum Gasteiger partial charge on any atom is 0.355 e. The minimum Gasteiger partial charge on any atom is -0.476 e. The van der Waals surface area contributed by atoms with Gasteiger partial charge in [-0.3, -0.25) is 0 Å². The van der Waals surface area contributed by atoms with Crippen molar-refractivity contribution >= 4 is 39.7 Å². The van der Waals surface area contributed by atoms with Crippen molar-refractivity contribution in [2.45, 2.75) is 0 Å². The summed E-state index contributed by atoms with van der Waals surface area (Å²) in [7, 11) is 0. The predicted octanol–water partition coefficient (Wildman–Crippen LogP) is 2.63. The molecular weight excluding hydrogens is 250 g/mol. The molecule has 0 atom stereocenters. The van der Waals surface area contributed by atoms with Crippen LogP contribution in [0.25, 0.3) is 0 Å². The summed E-state index contributed by atoms with van der Waals surface area (Å²) in [6, 6.07) is 3.46. The van der Waals surface area contributed by atoms with Gasteiger partial charge in [-0.15, -0.1) is 11.3 Å². The van der Waals surface area contributed by atoms with Crippen molar-refractivity contribution in [1.82, 2.24) is 9.97 Å². The second kappa shape index (κ2) is 4.46. The zero-order valence-electron chi connectivity index (χ0n) is 7.85. The van der Waals surface area contributed by atoms with Gasteiger partial charge in [0.05, 0.1) is 5.69 Å². The van der Waals surface area contributed by atoms with Gasteiger partial charge >= 0.3 is 5.97 Å². The third-order valence-electron chi connectivity index (χ3n) is 1.72. The van der Waals surface area contributed by atoms with Crippen molar-refractivity contribution in [3.63, 3.8) is 0 Å². The number of halogens is 1. The number of nitrogens with one attached hydrogen (secondary N) is 1. The number of rotatable bonds is 3. The Kier molecular flexibility index (Phi) is 3.02. The van der Waals surface area contributed by atoms with Crippen molar-refractivity contribution in [3.8, 4) is 0 Å². The molecular formula is C9H6ClN3O2S. The molecule has 16 heavy (non-hydrogen) atoms. The van der Waals surface area contributed by atoms with Crippen LogP contribution in [0.15, 0.2) is 23.7 Å². The molecule has 0 saturated carbocycles. The van der Waals surface area contributed by atoms with Gasteiger partial charge in [-0.1, -0.05) is 11.6 Å². The molecule has 82 valence electrons. The number of aromatic nitrogens is 2. The fourth-order valence-electron chi connectivity index (χ4n) is 1.02. The van der Waals surface area contributed by atoms with Crippen molar-refractivity contribution in [1.29, 1.82) is 0 Å². The molecule has 0 radical (unpaired) electrons. The van der Waals surface area contributed by atoms with Crippen molar-refractivity contribution in [3.05, 3.63) is 34.6 Å². The molecule has 0 fully saturated rings. The van der Waals surface area contributed by atoms with E-state index in [1.807, 2.05) is 0 Å². The van der Waals surface area contributed by atoms with Crippen molar-refractivity contribution < 1.29 is 9.90 Å². The highest BCUT2D eigenvalue weighted by molar-refractivity contribution is 7.14. The summed E-state index contributed by atoms with van der Waals surface area (Å²) in [6.45, 7) is 0. The average molecular weight is 256 g/mol. The Balaban J connectivity index is 2.21. The zero-order chi connectivity index (χ0) is 11.5. The molecule has 2 aromatic rings. The van der Waals surface area contributed by atoms with E-state index in [9.17, 15) is 4.79 Å². The molecule has 0 saturated heterocycles. The maximum absolute atomic E-state index is 10.6. The van der Waals surface area contributed by atoms with E-state index in [2.05, 4.69) is 15.3 Å². The smallest absolute Gasteiger partial charge is 0.355 e. The second-order valence-corrected chi connectivity index (χ2v) is 4.03. The van der Waals surface area contributed by atoms with Crippen LogP contribution in [0, 0.1) is 0 Å². The highest BCUT2D eigenvalue weighted by Gasteiger charge is 2.09. The number of hydrogen-bond donors (Lipinski definition) is 2. The summed E-state index contributed by atoms with van der Waals surface area (Å²) in [6.07, 6.45) is 1.57. The van der Waals surface area contributed by atoms with E-state index in [1.165, 1.54) is 16.7 Å². The van der Waals surface area contributed by atoms with Crippen LogP contribution in [0.3, 0.4) is 0 Å². The summed E-state index contributed by atoms with van der Waals surface area (Å²) >= 11 is 7.02. The first kappa shape index (κ1) is 10.8. The first-order chi connectivity index (χ1) is 7.66. The predicted molar refractivity (Wildman–Crippen MR) is 61.6 cm³/mol. The molecule has 0 unspecified atom stereocenters. The van der Waals surface area contributed by atoms with E-state index in [-0.39, 0.29) is 5.69 Å². The van der Waals surface area contributed by atoms with Crippen molar-refractivity contribution in [2.24, 2.45) is 0 Å². The highest BCUT2D eigenvalue weighted by atomic mass is 35.5. The Labute approximate surface area is 99.7 Å². The summed E-state index contributed by atoms with van der Waals surface area (Å²) in [5.41, 5.74) is 0.600. The fraction of sp³-hybridized carbons (Fsp3) is 0. The fourth-order valence-corrected chi connectivity index (χ4v) is 1.89. The lowest BCUT2D eigenvalue weighted by Gasteiger charge is -2.02. The molecule has 7 heteroatoms. The summed E-state index contributed by atoms with van der Waals surface area (Å²) in [4.78, 5) is 18.4. The van der Waals surface area contributed by atoms with Crippen molar-refractivity contribution in [2.75, 3.05) is 5.32 Å². The Morgan fingerprint density at radius 3 is 3.00 bits per heavy atom. The van der Waals surface area contributed by atoms with Crippen LogP contribution in [0.1, 0.15) is 10.5 Å². The molecule has 0 aliphatic carbocycles. The largest absolute Gasteiger partial charge is 0.476 e. The molecule has 0 amide bonds. The molecule has 2 N–H and O–H groups in total. The van der Waals surface area contributed by atoms with Gasteiger partial charge in [-0.25, -0.2) is 14.8 Å². The third-order valence-corrected chi connectivity index (χ3v) is 2.78. The molecule has 0 spiro atoms. The van der Waals surface area contributed by atoms with Crippen LogP contribution in [0.5, 0.6) is 0 Å². The number of anilines is 2. The molecule has 0 bridgehead atoms. The van der Waals surface area contributed by atoms with Crippen LogP contribution in [0.4, 0.5) is 10.8 Å². The maximum atomic E-state index is 10.6. The number of pyridine rings is 1. The Bertz CT molecular complexity index is 529. The summed E-state index contributed by atoms with van der Waals surface area (Å²) in [5.74, 6) is -1.05. The first-order valence-corrected chi connectivity index (χ1v) is 5.49. The summed E-state index contributed by atoms with van der Waals surface area (Å²) in [5, 5.41) is 13.8. The lowest BCUT2D eigenvalue weighted by Crippen LogP contribution is -1.97. The molecule has 0 aromatic carbocycles. The minimum atomic E-state index is -1.05. The molecule has 2 rings (SSSR count). The minimum absolute atomic E-state index is 0.00696. The quantitative estimate of drug-likeness (QED) is 0.825. The van der Waals surface area contributed by atoms with E-state index < -0.39 is 5.97 Å². The van der Waals surface area contributed by atoms with Crippen LogP contribution in [0.2, 0.25) is 5.15 Å². The topological polar surface area (TPSA) is 75.1 Å². The number of nitrogens with zero attached hydrogens (tertiary/aromatic N) is 2. The lowest BCUT2D eigenvalue weighted by atomic mass is 10.4. The van der Waals surface area contributed by atoms with Gasteiger partial charge in [-0.05, 0) is 12.1 Å². The average Bonchev–Trinajstić information content (AvgIpc) is 2.70. The Morgan fingerprint density at radius 2 is 2.38 bits per heavy atom. The summed E-state index contributed by atoms with van der Waals surface area (Å²) < 4.78 is 0. The first-order valence-electron chi connectivity index (χ1n) is 4.23. The Hall–Kier alpha value is -1.66. The standard InChI is InChI=1S/C9H6ClN3O2S/c10-7-5(2-1-3-11-7)12-9-13-6(4-16-9)8(14)15/h1-4H,(H,12,13)(H,14,15). The zero-order valence-corrected chi connectivity index (χ0v) is 9.42. The van der Waals surface area contributed by atoms with E-state index in [4.69, 9.17) is 16.7 Å². The van der Waals surface area contributed by atoms with Crippen LogP contribution in [-0.2, 0) is 0 Å². The van der Waals surface area contributed by atoms with Gasteiger partial charge in [0, 0.05) is 11.6 Å². The van der Waals surface area contributed by atoms with Gasteiger partial charge in [0.15, 0.2) is 16.0 Å². The number of carboxylic acid groups (broad SMARTS) is 1. The molecule has 2 heterocycles. The van der Waals surface area contributed by atoms with E-state index >= 15 is 0 Å². The van der Waals surface area contributed by atoms with Gasteiger partial charge in [-0.2, -0.15) is 0 Å². The molecule has 2 aromatic heterocycles. The van der Waals surface area contributed by atoms with E-state index in [0.29, 0.717) is 16.0 Å². The van der Waals surface area contributed by atoms with Crippen LogP contribution < -0.4 is 5.32 Å². The van der Waals surface area contributed by atoms with E-state index in [0.717, 1.165) is 0 Å². The monoisotopic (exact) mass is 255 g/mol. The molecule has 0 aliphatic heterocycles. The van der Waals surface area contributed by atoms with E-state index in [1.54, 1.807) is 18.3 Å². The Morgan fingerprint density at radius 1 is 1.56 bits per heavy atom. The second-order valence-electron chi connectivity index (χ2n) is 2.81. The number of aromatic carboxylic acids is 1. The number of carboxylic acids is 1. The van der Waals surface area contributed by atoms with Crippen LogP contribution >= 0.6 is 22.9 Å². The van der Waals surface area contributed by atoms with Gasteiger partial charge < -0.3 is 10.4 Å².